The average molecular weight is 565 g/mol. The minimum Gasteiger partial charge on any atom is -0.490 e. The molecule has 0 bridgehead atoms. The molecule has 39 heavy (non-hydrogen) atoms. The third-order valence-electron chi connectivity index (χ3n) is 7.08. The van der Waals surface area contributed by atoms with E-state index in [2.05, 4.69) is 6.08 Å². The number of aliphatic hydroxyl groups is 2. The third-order valence-corrected chi connectivity index (χ3v) is 7.08. The molecule has 0 spiro atoms. The van der Waals surface area contributed by atoms with Gasteiger partial charge in [-0.3, -0.25) is 4.79 Å². The van der Waals surface area contributed by atoms with Crippen LogP contribution in [0.4, 0.5) is 26.3 Å². The van der Waals surface area contributed by atoms with Gasteiger partial charge in [0.1, 0.15) is 24.0 Å². The van der Waals surface area contributed by atoms with E-state index in [1.54, 1.807) is 19.9 Å². The molecule has 1 aromatic carbocycles. The first kappa shape index (κ1) is 31.0. The molecule has 5 unspecified atom stereocenters. The molecule has 0 radical (unpaired) electrons. The van der Waals surface area contributed by atoms with Crippen molar-refractivity contribution in [2.24, 2.45) is 17.8 Å². The van der Waals surface area contributed by atoms with Crippen LogP contribution in [0.5, 0.6) is 5.75 Å². The summed E-state index contributed by atoms with van der Waals surface area (Å²) in [4.78, 5) is 11.7. The SMILES string of the molecule is CC(C)OC(=O)CCC/C=C1\CC2CC(O)C(/C=C/C(O)COc3cccc(C(F)(F)F)c3C(F)(F)F)C2C1. The van der Waals surface area contributed by atoms with Gasteiger partial charge in [0.2, 0.25) is 0 Å². The molecular weight excluding hydrogens is 530 g/mol. The number of ether oxygens (including phenoxy) is 2. The average Bonchev–Trinajstić information content (AvgIpc) is 3.33. The zero-order valence-corrected chi connectivity index (χ0v) is 21.8. The number of benzene rings is 1. The van der Waals surface area contributed by atoms with Crippen LogP contribution in [-0.4, -0.2) is 41.1 Å². The normalized spacial score (nSPS) is 25.5. The van der Waals surface area contributed by atoms with Crippen molar-refractivity contribution in [2.45, 2.75) is 83.0 Å². The van der Waals surface area contributed by atoms with Crippen LogP contribution in [-0.2, 0) is 21.9 Å². The predicted octanol–water partition coefficient (Wildman–Crippen LogP) is 6.48. The summed E-state index contributed by atoms with van der Waals surface area (Å²) in [6.07, 6.45) is -3.80. The summed E-state index contributed by atoms with van der Waals surface area (Å²) in [5, 5.41) is 20.8. The van der Waals surface area contributed by atoms with Crippen molar-refractivity contribution >= 4 is 5.97 Å². The smallest absolute Gasteiger partial charge is 0.420 e. The molecular formula is C28H34F6O5. The minimum absolute atomic E-state index is 0.127. The van der Waals surface area contributed by atoms with E-state index in [4.69, 9.17) is 9.47 Å². The predicted molar refractivity (Wildman–Crippen MR) is 131 cm³/mol. The first-order chi connectivity index (χ1) is 18.2. The lowest BCUT2D eigenvalue weighted by molar-refractivity contribution is -0.163. The number of hydrogen-bond donors (Lipinski definition) is 2. The van der Waals surface area contributed by atoms with Gasteiger partial charge < -0.3 is 19.7 Å². The number of unbranched alkanes of at least 4 members (excludes halogenated alkanes) is 1. The highest BCUT2D eigenvalue weighted by molar-refractivity contribution is 5.69. The van der Waals surface area contributed by atoms with E-state index in [-0.39, 0.29) is 29.8 Å². The highest BCUT2D eigenvalue weighted by Crippen LogP contribution is 2.50. The lowest BCUT2D eigenvalue weighted by atomic mass is 9.90. The van der Waals surface area contributed by atoms with Crippen LogP contribution in [0.3, 0.4) is 0 Å². The molecule has 0 saturated heterocycles. The summed E-state index contributed by atoms with van der Waals surface area (Å²) < 4.78 is 89.6. The first-order valence-electron chi connectivity index (χ1n) is 13.0. The van der Waals surface area contributed by atoms with Crippen LogP contribution < -0.4 is 4.74 Å². The molecule has 2 aliphatic carbocycles. The van der Waals surface area contributed by atoms with Crippen molar-refractivity contribution in [3.63, 3.8) is 0 Å². The maximum Gasteiger partial charge on any atom is 0.420 e. The summed E-state index contributed by atoms with van der Waals surface area (Å²) in [5.74, 6) is -1.16. The van der Waals surface area contributed by atoms with Crippen LogP contribution >= 0.6 is 0 Å². The largest absolute Gasteiger partial charge is 0.490 e. The molecule has 1 aromatic rings. The topological polar surface area (TPSA) is 76.0 Å². The Morgan fingerprint density at radius 3 is 2.49 bits per heavy atom. The lowest BCUT2D eigenvalue weighted by Gasteiger charge is -2.20. The molecule has 0 heterocycles. The van der Waals surface area contributed by atoms with Gasteiger partial charge in [0.25, 0.3) is 0 Å². The molecule has 5 nitrogen and oxygen atoms in total. The summed E-state index contributed by atoms with van der Waals surface area (Å²) in [6.45, 7) is 2.90. The Bertz CT molecular complexity index is 1050. The number of rotatable bonds is 10. The molecule has 2 saturated carbocycles. The fourth-order valence-corrected chi connectivity index (χ4v) is 5.48. The molecule has 0 aromatic heterocycles. The number of carbonyl (C=O) groups excluding carboxylic acids is 1. The van der Waals surface area contributed by atoms with Crippen LogP contribution in [0.2, 0.25) is 0 Å². The molecule has 218 valence electrons. The second kappa shape index (κ2) is 12.8. The van der Waals surface area contributed by atoms with Crippen molar-refractivity contribution in [3.8, 4) is 5.75 Å². The minimum atomic E-state index is -5.31. The molecule has 5 atom stereocenters. The van der Waals surface area contributed by atoms with Gasteiger partial charge in [-0.1, -0.05) is 29.9 Å². The zero-order valence-electron chi connectivity index (χ0n) is 21.8. The second-order valence-electron chi connectivity index (χ2n) is 10.4. The van der Waals surface area contributed by atoms with E-state index in [0.717, 1.165) is 31.4 Å². The summed E-state index contributed by atoms with van der Waals surface area (Å²) in [6, 6.07) is 1.92. The van der Waals surface area contributed by atoms with Gasteiger partial charge in [-0.25, -0.2) is 0 Å². The Morgan fingerprint density at radius 1 is 1.13 bits per heavy atom. The zero-order chi connectivity index (χ0) is 29.0. The second-order valence-corrected chi connectivity index (χ2v) is 10.4. The van der Waals surface area contributed by atoms with Crippen molar-refractivity contribution < 1.29 is 50.8 Å². The lowest BCUT2D eigenvalue weighted by Crippen LogP contribution is -2.22. The van der Waals surface area contributed by atoms with E-state index in [1.165, 1.54) is 11.6 Å². The number of alkyl halides is 6. The molecule has 11 heteroatoms. The summed E-state index contributed by atoms with van der Waals surface area (Å²) in [5.41, 5.74) is -2.57. The number of fused-ring (bicyclic) bond motifs is 1. The third kappa shape index (κ3) is 8.48. The van der Waals surface area contributed by atoms with Crippen molar-refractivity contribution in [1.29, 1.82) is 0 Å². The standard InChI is InChI=1S/C28H34F6O5/c1-16(2)39-25(37)9-4-3-6-17-12-18-14-23(36)20(21(18)13-17)11-10-19(35)15-38-24-8-5-7-22(27(29,30)31)26(24)28(32,33)34/h5-8,10-11,16,18-21,23,35-36H,3-4,9,12-15H2,1-2H3/b11-10+,17-6+. The number of allylic oxidation sites excluding steroid dienone is 2. The molecule has 2 N–H and O–H groups in total. The van der Waals surface area contributed by atoms with Crippen molar-refractivity contribution in [1.82, 2.24) is 0 Å². The Kier molecular flexibility index (Phi) is 10.1. The maximum absolute atomic E-state index is 13.4. The molecule has 0 amide bonds. The summed E-state index contributed by atoms with van der Waals surface area (Å²) >= 11 is 0. The van der Waals surface area contributed by atoms with Gasteiger partial charge in [0, 0.05) is 12.3 Å². The monoisotopic (exact) mass is 564 g/mol. The Labute approximate surface area is 223 Å². The molecule has 3 rings (SSSR count). The highest BCUT2D eigenvalue weighted by Gasteiger charge is 2.46. The maximum atomic E-state index is 13.4. The van der Waals surface area contributed by atoms with Crippen LogP contribution in [0.15, 0.2) is 42.0 Å². The van der Waals surface area contributed by atoms with Gasteiger partial charge in [-0.15, -0.1) is 0 Å². The van der Waals surface area contributed by atoms with Gasteiger partial charge in [0.15, 0.2) is 0 Å². The van der Waals surface area contributed by atoms with Gasteiger partial charge in [-0.05, 0) is 69.9 Å². The number of carbonyl (C=O) groups is 1. The fourth-order valence-electron chi connectivity index (χ4n) is 5.48. The molecule has 0 aliphatic heterocycles. The van der Waals surface area contributed by atoms with E-state index in [9.17, 15) is 41.4 Å². The quantitative estimate of drug-likeness (QED) is 0.147. The number of aliphatic hydroxyl groups excluding tert-OH is 2. The van der Waals surface area contributed by atoms with Crippen LogP contribution in [0, 0.1) is 17.8 Å². The fraction of sp³-hybridized carbons (Fsp3) is 0.607. The number of esters is 1. The van der Waals surface area contributed by atoms with Crippen molar-refractivity contribution in [2.75, 3.05) is 6.61 Å². The Hall–Kier alpha value is -2.53. The van der Waals surface area contributed by atoms with Gasteiger partial charge >= 0.3 is 18.3 Å². The van der Waals surface area contributed by atoms with Gasteiger partial charge in [0.05, 0.1) is 17.8 Å². The Morgan fingerprint density at radius 2 is 1.85 bits per heavy atom. The first-order valence-corrected chi connectivity index (χ1v) is 13.0. The summed E-state index contributed by atoms with van der Waals surface area (Å²) in [7, 11) is 0. The van der Waals surface area contributed by atoms with E-state index in [1.807, 2.05) is 0 Å². The van der Waals surface area contributed by atoms with Crippen LogP contribution in [0.25, 0.3) is 0 Å². The molecule has 2 aliphatic rings. The van der Waals surface area contributed by atoms with E-state index >= 15 is 0 Å². The Balaban J connectivity index is 1.57. The van der Waals surface area contributed by atoms with E-state index < -0.39 is 48.0 Å². The van der Waals surface area contributed by atoms with E-state index in [0.29, 0.717) is 25.3 Å². The van der Waals surface area contributed by atoms with Crippen molar-refractivity contribution in [3.05, 3.63) is 53.1 Å². The number of halogens is 6. The van der Waals surface area contributed by atoms with Crippen LogP contribution in [0.1, 0.15) is 63.5 Å². The molecule has 2 fully saturated rings. The highest BCUT2D eigenvalue weighted by atomic mass is 19.4. The number of hydrogen-bond acceptors (Lipinski definition) is 5. The van der Waals surface area contributed by atoms with Gasteiger partial charge in [-0.2, -0.15) is 26.3 Å².